The molecule has 21 heavy (non-hydrogen) atoms. The van der Waals surface area contributed by atoms with E-state index in [0.29, 0.717) is 18.7 Å². The van der Waals surface area contributed by atoms with Crippen molar-refractivity contribution in [2.75, 3.05) is 13.2 Å². The van der Waals surface area contributed by atoms with Crippen LogP contribution in [0.5, 0.6) is 0 Å². The molecule has 0 spiro atoms. The lowest BCUT2D eigenvalue weighted by Crippen LogP contribution is -2.32. The lowest BCUT2D eigenvalue weighted by atomic mass is 10.1. The maximum absolute atomic E-state index is 12.1. The Bertz CT molecular complexity index is 654. The minimum Gasteiger partial charge on any atom is -0.376 e. The van der Waals surface area contributed by atoms with Crippen LogP contribution in [0.1, 0.15) is 28.8 Å². The van der Waals surface area contributed by atoms with Crippen LogP contribution in [-0.4, -0.2) is 33.6 Å². The van der Waals surface area contributed by atoms with Gasteiger partial charge in [0.1, 0.15) is 0 Å². The SMILES string of the molecule is Cc1c(Cl)cc(C(=O)NCC2CCCO2)cc1S(N)(=O)=O. The molecule has 0 bridgehead atoms. The first-order chi connectivity index (χ1) is 9.79. The molecule has 1 aliphatic heterocycles. The molecule has 6 nitrogen and oxygen atoms in total. The topological polar surface area (TPSA) is 98.5 Å². The van der Waals surface area contributed by atoms with Gasteiger partial charge in [-0.05, 0) is 37.5 Å². The maximum atomic E-state index is 12.1. The Kier molecular flexibility index (Phi) is 4.88. The van der Waals surface area contributed by atoms with Gasteiger partial charge in [0.15, 0.2) is 0 Å². The quantitative estimate of drug-likeness (QED) is 0.865. The van der Waals surface area contributed by atoms with Crippen molar-refractivity contribution in [2.45, 2.75) is 30.8 Å². The molecule has 1 saturated heterocycles. The predicted molar refractivity (Wildman–Crippen MR) is 78.9 cm³/mol. The molecule has 8 heteroatoms. The molecule has 1 aliphatic rings. The van der Waals surface area contributed by atoms with Crippen molar-refractivity contribution >= 4 is 27.5 Å². The number of sulfonamides is 1. The number of halogens is 1. The van der Waals surface area contributed by atoms with Gasteiger partial charge in [0.05, 0.1) is 11.0 Å². The van der Waals surface area contributed by atoms with Crippen LogP contribution in [0.3, 0.4) is 0 Å². The molecule has 0 aromatic heterocycles. The van der Waals surface area contributed by atoms with E-state index in [4.69, 9.17) is 21.5 Å². The first kappa shape index (κ1) is 16.2. The van der Waals surface area contributed by atoms with E-state index in [9.17, 15) is 13.2 Å². The van der Waals surface area contributed by atoms with Gasteiger partial charge >= 0.3 is 0 Å². The van der Waals surface area contributed by atoms with Gasteiger partial charge in [-0.1, -0.05) is 11.6 Å². The van der Waals surface area contributed by atoms with Gasteiger partial charge in [0, 0.05) is 23.7 Å². The molecule has 0 aliphatic carbocycles. The summed E-state index contributed by atoms with van der Waals surface area (Å²) < 4.78 is 28.4. The van der Waals surface area contributed by atoms with E-state index in [1.54, 1.807) is 0 Å². The van der Waals surface area contributed by atoms with Crippen molar-refractivity contribution in [2.24, 2.45) is 5.14 Å². The number of hydrogen-bond donors (Lipinski definition) is 2. The first-order valence-corrected chi connectivity index (χ1v) is 8.44. The minimum atomic E-state index is -3.93. The zero-order valence-electron chi connectivity index (χ0n) is 11.6. The van der Waals surface area contributed by atoms with Crippen LogP contribution in [0.2, 0.25) is 5.02 Å². The Balaban J connectivity index is 2.19. The summed E-state index contributed by atoms with van der Waals surface area (Å²) in [6.45, 7) is 2.62. The standard InChI is InChI=1S/C13H17ClN2O4S/c1-8-11(14)5-9(6-12(8)21(15,18)19)13(17)16-7-10-3-2-4-20-10/h5-6,10H,2-4,7H2,1H3,(H,16,17)(H2,15,18,19). The van der Waals surface area contributed by atoms with Gasteiger partial charge in [-0.3, -0.25) is 4.79 Å². The maximum Gasteiger partial charge on any atom is 0.251 e. The molecular formula is C13H17ClN2O4S. The summed E-state index contributed by atoms with van der Waals surface area (Å²) in [5, 5.41) is 8.02. The number of benzene rings is 1. The van der Waals surface area contributed by atoms with Crippen molar-refractivity contribution in [3.8, 4) is 0 Å². The molecule has 3 N–H and O–H groups in total. The van der Waals surface area contributed by atoms with E-state index < -0.39 is 15.9 Å². The number of amides is 1. The van der Waals surface area contributed by atoms with Gasteiger partial charge in [0.2, 0.25) is 10.0 Å². The third kappa shape index (κ3) is 3.94. The summed E-state index contributed by atoms with van der Waals surface area (Å²) in [6, 6.07) is 2.66. The van der Waals surface area contributed by atoms with Crippen LogP contribution in [0.4, 0.5) is 0 Å². The van der Waals surface area contributed by atoms with E-state index in [2.05, 4.69) is 5.32 Å². The summed E-state index contributed by atoms with van der Waals surface area (Å²) in [4.78, 5) is 11.9. The van der Waals surface area contributed by atoms with Crippen LogP contribution in [0.25, 0.3) is 0 Å². The molecule has 1 heterocycles. The molecular weight excluding hydrogens is 316 g/mol. The van der Waals surface area contributed by atoms with E-state index in [0.717, 1.165) is 12.8 Å². The number of nitrogens with two attached hydrogens (primary N) is 1. The van der Waals surface area contributed by atoms with Crippen LogP contribution < -0.4 is 10.5 Å². The van der Waals surface area contributed by atoms with Crippen molar-refractivity contribution in [3.05, 3.63) is 28.3 Å². The zero-order chi connectivity index (χ0) is 15.6. The fraction of sp³-hybridized carbons (Fsp3) is 0.462. The molecule has 1 aromatic carbocycles. The number of carbonyl (C=O) groups is 1. The van der Waals surface area contributed by atoms with Gasteiger partial charge < -0.3 is 10.1 Å². The third-order valence-electron chi connectivity index (χ3n) is 3.38. The minimum absolute atomic E-state index is 0.00702. The van der Waals surface area contributed by atoms with Crippen molar-refractivity contribution in [1.82, 2.24) is 5.32 Å². The number of nitrogens with one attached hydrogen (secondary N) is 1. The van der Waals surface area contributed by atoms with Gasteiger partial charge in [0.25, 0.3) is 5.91 Å². The monoisotopic (exact) mass is 332 g/mol. The van der Waals surface area contributed by atoms with E-state index >= 15 is 0 Å². The number of ether oxygens (including phenoxy) is 1. The smallest absolute Gasteiger partial charge is 0.251 e. The van der Waals surface area contributed by atoms with Crippen molar-refractivity contribution in [3.63, 3.8) is 0 Å². The Hall–Kier alpha value is -1.15. The lowest BCUT2D eigenvalue weighted by Gasteiger charge is -2.12. The second kappa shape index (κ2) is 6.31. The second-order valence-electron chi connectivity index (χ2n) is 4.97. The van der Waals surface area contributed by atoms with Gasteiger partial charge in [-0.25, -0.2) is 13.6 Å². The number of primary sulfonamides is 1. The van der Waals surface area contributed by atoms with Crippen molar-refractivity contribution in [1.29, 1.82) is 0 Å². The number of carbonyl (C=O) groups excluding carboxylic acids is 1. The Morgan fingerprint density at radius 2 is 2.24 bits per heavy atom. The largest absolute Gasteiger partial charge is 0.376 e. The molecule has 1 unspecified atom stereocenters. The molecule has 2 rings (SSSR count). The van der Waals surface area contributed by atoms with Crippen LogP contribution in [0.15, 0.2) is 17.0 Å². The second-order valence-corrected chi connectivity index (χ2v) is 6.91. The molecule has 1 aromatic rings. The Labute approximate surface area is 128 Å². The highest BCUT2D eigenvalue weighted by Gasteiger charge is 2.20. The highest BCUT2D eigenvalue weighted by molar-refractivity contribution is 7.89. The summed E-state index contributed by atoms with van der Waals surface area (Å²) in [5.41, 5.74) is 0.488. The average Bonchev–Trinajstić information content (AvgIpc) is 2.90. The fourth-order valence-electron chi connectivity index (χ4n) is 2.19. The van der Waals surface area contributed by atoms with E-state index in [1.807, 2.05) is 0 Å². The molecule has 1 amide bonds. The van der Waals surface area contributed by atoms with E-state index in [1.165, 1.54) is 19.1 Å². The lowest BCUT2D eigenvalue weighted by molar-refractivity contribution is 0.0857. The van der Waals surface area contributed by atoms with Crippen LogP contribution in [0, 0.1) is 6.92 Å². The van der Waals surface area contributed by atoms with Gasteiger partial charge in [-0.15, -0.1) is 0 Å². The van der Waals surface area contributed by atoms with Crippen molar-refractivity contribution < 1.29 is 17.9 Å². The Morgan fingerprint density at radius 1 is 1.52 bits per heavy atom. The summed E-state index contributed by atoms with van der Waals surface area (Å²) in [5.74, 6) is -0.405. The summed E-state index contributed by atoms with van der Waals surface area (Å²) in [6.07, 6.45) is 1.89. The predicted octanol–water partition coefficient (Wildman–Crippen LogP) is 1.20. The molecule has 1 atom stereocenters. The highest BCUT2D eigenvalue weighted by Crippen LogP contribution is 2.24. The molecule has 1 fully saturated rings. The summed E-state index contributed by atoms with van der Waals surface area (Å²) >= 11 is 5.97. The average molecular weight is 333 g/mol. The highest BCUT2D eigenvalue weighted by atomic mass is 35.5. The number of rotatable bonds is 4. The fourth-order valence-corrected chi connectivity index (χ4v) is 3.30. The van der Waals surface area contributed by atoms with Gasteiger partial charge in [-0.2, -0.15) is 0 Å². The number of hydrogen-bond acceptors (Lipinski definition) is 4. The molecule has 0 radical (unpaired) electrons. The van der Waals surface area contributed by atoms with Crippen LogP contribution in [-0.2, 0) is 14.8 Å². The molecule has 0 saturated carbocycles. The third-order valence-corrected chi connectivity index (χ3v) is 4.81. The first-order valence-electron chi connectivity index (χ1n) is 6.52. The summed E-state index contributed by atoms with van der Waals surface area (Å²) in [7, 11) is -3.93. The Morgan fingerprint density at radius 3 is 2.81 bits per heavy atom. The normalized spacial score (nSPS) is 18.7. The molecule has 116 valence electrons. The van der Waals surface area contributed by atoms with Crippen LogP contribution >= 0.6 is 11.6 Å². The zero-order valence-corrected chi connectivity index (χ0v) is 13.1. The van der Waals surface area contributed by atoms with E-state index in [-0.39, 0.29) is 21.6 Å².